The lowest BCUT2D eigenvalue weighted by atomic mass is 10.1. The number of rotatable bonds is 7. The number of methoxy groups -OCH3 is 2. The third-order valence-corrected chi connectivity index (χ3v) is 3.53. The Morgan fingerprint density at radius 2 is 1.71 bits per heavy atom. The topological polar surface area (TPSA) is 56.8 Å². The number of aryl methyl sites for hydroxylation is 1. The number of carbonyl (C=O) groups is 1. The van der Waals surface area contributed by atoms with Gasteiger partial charge in [0, 0.05) is 17.3 Å². The van der Waals surface area contributed by atoms with E-state index in [0.29, 0.717) is 29.5 Å². The first kappa shape index (κ1) is 17.7. The van der Waals surface area contributed by atoms with Gasteiger partial charge in [0.05, 0.1) is 27.2 Å². The van der Waals surface area contributed by atoms with E-state index in [-0.39, 0.29) is 12.3 Å². The van der Waals surface area contributed by atoms with Crippen molar-refractivity contribution in [3.05, 3.63) is 47.5 Å². The van der Waals surface area contributed by atoms with E-state index in [1.165, 1.54) is 0 Å². The molecule has 0 aromatic heterocycles. The number of hydrogen-bond donors (Lipinski definition) is 1. The molecule has 0 aliphatic carbocycles. The minimum Gasteiger partial charge on any atom is -0.496 e. The summed E-state index contributed by atoms with van der Waals surface area (Å²) in [5.74, 6) is 1.83. The first-order valence-electron chi connectivity index (χ1n) is 7.81. The van der Waals surface area contributed by atoms with Gasteiger partial charge in [0.2, 0.25) is 5.91 Å². The maximum Gasteiger partial charge on any atom is 0.228 e. The summed E-state index contributed by atoms with van der Waals surface area (Å²) >= 11 is 0. The molecule has 0 saturated carbocycles. The molecule has 2 aromatic rings. The third-order valence-electron chi connectivity index (χ3n) is 3.53. The van der Waals surface area contributed by atoms with Crippen LogP contribution in [0.4, 0.5) is 5.69 Å². The maximum atomic E-state index is 12.3. The van der Waals surface area contributed by atoms with Crippen molar-refractivity contribution in [2.75, 3.05) is 26.1 Å². The number of ether oxygens (including phenoxy) is 3. The quantitative estimate of drug-likeness (QED) is 0.843. The lowest BCUT2D eigenvalue weighted by Gasteiger charge is -2.13. The van der Waals surface area contributed by atoms with Crippen LogP contribution in [0.2, 0.25) is 0 Å². The van der Waals surface area contributed by atoms with E-state index < -0.39 is 0 Å². The Morgan fingerprint density at radius 1 is 1.00 bits per heavy atom. The standard InChI is InChI=1S/C19H23NO4/c1-5-24-17-9-7-15(12-18(17)23-4)20-19(21)11-14-10-13(2)6-8-16(14)22-3/h6-10,12H,5,11H2,1-4H3,(H,20,21). The highest BCUT2D eigenvalue weighted by Gasteiger charge is 2.11. The van der Waals surface area contributed by atoms with Crippen molar-refractivity contribution in [1.29, 1.82) is 0 Å². The fourth-order valence-electron chi connectivity index (χ4n) is 2.44. The van der Waals surface area contributed by atoms with Crippen LogP contribution in [0.5, 0.6) is 17.2 Å². The van der Waals surface area contributed by atoms with Crippen LogP contribution in [0.1, 0.15) is 18.1 Å². The number of nitrogens with one attached hydrogen (secondary N) is 1. The Labute approximate surface area is 142 Å². The molecule has 0 atom stereocenters. The van der Waals surface area contributed by atoms with Crippen molar-refractivity contribution in [1.82, 2.24) is 0 Å². The number of amides is 1. The summed E-state index contributed by atoms with van der Waals surface area (Å²) in [5.41, 5.74) is 2.60. The molecule has 0 unspecified atom stereocenters. The van der Waals surface area contributed by atoms with Crippen molar-refractivity contribution in [2.45, 2.75) is 20.3 Å². The molecule has 0 saturated heterocycles. The van der Waals surface area contributed by atoms with E-state index >= 15 is 0 Å². The zero-order valence-electron chi connectivity index (χ0n) is 14.5. The van der Waals surface area contributed by atoms with E-state index in [9.17, 15) is 4.79 Å². The average Bonchev–Trinajstić information content (AvgIpc) is 2.56. The summed E-state index contributed by atoms with van der Waals surface area (Å²) in [7, 11) is 3.17. The minimum atomic E-state index is -0.120. The van der Waals surface area contributed by atoms with Gasteiger partial charge in [0.1, 0.15) is 5.75 Å². The van der Waals surface area contributed by atoms with Gasteiger partial charge in [0.25, 0.3) is 0 Å². The van der Waals surface area contributed by atoms with Crippen LogP contribution in [0.25, 0.3) is 0 Å². The normalized spacial score (nSPS) is 10.2. The van der Waals surface area contributed by atoms with Gasteiger partial charge < -0.3 is 19.5 Å². The second kappa shape index (κ2) is 8.24. The average molecular weight is 329 g/mol. The number of anilines is 1. The molecule has 0 aliphatic rings. The van der Waals surface area contributed by atoms with E-state index in [2.05, 4.69) is 5.32 Å². The van der Waals surface area contributed by atoms with Gasteiger partial charge in [0.15, 0.2) is 11.5 Å². The Kier molecular flexibility index (Phi) is 6.07. The molecule has 0 radical (unpaired) electrons. The second-order valence-corrected chi connectivity index (χ2v) is 5.34. The molecule has 5 nitrogen and oxygen atoms in total. The van der Waals surface area contributed by atoms with Gasteiger partial charge >= 0.3 is 0 Å². The molecule has 0 bridgehead atoms. The van der Waals surface area contributed by atoms with Gasteiger partial charge in [-0.2, -0.15) is 0 Å². The van der Waals surface area contributed by atoms with Gasteiger partial charge in [-0.15, -0.1) is 0 Å². The Bertz CT molecular complexity index is 713. The predicted octanol–water partition coefficient (Wildman–Crippen LogP) is 3.59. The monoisotopic (exact) mass is 329 g/mol. The highest BCUT2D eigenvalue weighted by atomic mass is 16.5. The van der Waals surface area contributed by atoms with Crippen LogP contribution in [-0.2, 0) is 11.2 Å². The van der Waals surface area contributed by atoms with Gasteiger partial charge in [-0.1, -0.05) is 17.7 Å². The zero-order chi connectivity index (χ0) is 17.5. The van der Waals surface area contributed by atoms with Crippen LogP contribution >= 0.6 is 0 Å². The maximum absolute atomic E-state index is 12.3. The Hall–Kier alpha value is -2.69. The lowest BCUT2D eigenvalue weighted by Crippen LogP contribution is -2.15. The highest BCUT2D eigenvalue weighted by Crippen LogP contribution is 2.30. The van der Waals surface area contributed by atoms with Gasteiger partial charge in [-0.05, 0) is 32.0 Å². The van der Waals surface area contributed by atoms with E-state index in [1.54, 1.807) is 32.4 Å². The molecule has 0 heterocycles. The molecule has 0 aliphatic heterocycles. The molecule has 24 heavy (non-hydrogen) atoms. The van der Waals surface area contributed by atoms with Crippen molar-refractivity contribution in [3.63, 3.8) is 0 Å². The van der Waals surface area contributed by atoms with E-state index in [1.807, 2.05) is 32.0 Å². The molecule has 128 valence electrons. The molecule has 0 fully saturated rings. The minimum absolute atomic E-state index is 0.120. The van der Waals surface area contributed by atoms with Crippen molar-refractivity contribution >= 4 is 11.6 Å². The van der Waals surface area contributed by atoms with E-state index in [0.717, 1.165) is 11.1 Å². The lowest BCUT2D eigenvalue weighted by molar-refractivity contribution is -0.115. The fraction of sp³-hybridized carbons (Fsp3) is 0.316. The Balaban J connectivity index is 2.11. The largest absolute Gasteiger partial charge is 0.496 e. The molecule has 1 N–H and O–H groups in total. The molecular formula is C19H23NO4. The van der Waals surface area contributed by atoms with Crippen LogP contribution in [-0.4, -0.2) is 26.7 Å². The van der Waals surface area contributed by atoms with E-state index in [4.69, 9.17) is 14.2 Å². The molecule has 0 spiro atoms. The summed E-state index contributed by atoms with van der Waals surface area (Å²) in [5, 5.41) is 2.88. The summed E-state index contributed by atoms with van der Waals surface area (Å²) in [6.07, 6.45) is 0.236. The van der Waals surface area contributed by atoms with Crippen molar-refractivity contribution in [3.8, 4) is 17.2 Å². The smallest absolute Gasteiger partial charge is 0.228 e. The fourth-order valence-corrected chi connectivity index (χ4v) is 2.44. The second-order valence-electron chi connectivity index (χ2n) is 5.34. The highest BCUT2D eigenvalue weighted by molar-refractivity contribution is 5.93. The molecule has 1 amide bonds. The third kappa shape index (κ3) is 4.41. The number of carbonyl (C=O) groups excluding carboxylic acids is 1. The Morgan fingerprint density at radius 3 is 2.38 bits per heavy atom. The summed E-state index contributed by atoms with van der Waals surface area (Å²) in [6, 6.07) is 11.1. The molecule has 2 rings (SSSR count). The van der Waals surface area contributed by atoms with Crippen LogP contribution < -0.4 is 19.5 Å². The van der Waals surface area contributed by atoms with Gasteiger partial charge in [-0.3, -0.25) is 4.79 Å². The van der Waals surface area contributed by atoms with Gasteiger partial charge in [-0.25, -0.2) is 0 Å². The van der Waals surface area contributed by atoms with Crippen LogP contribution in [0.3, 0.4) is 0 Å². The number of hydrogen-bond acceptors (Lipinski definition) is 4. The first-order chi connectivity index (χ1) is 11.6. The summed E-state index contributed by atoms with van der Waals surface area (Å²) in [4.78, 5) is 12.3. The first-order valence-corrected chi connectivity index (χ1v) is 7.81. The predicted molar refractivity (Wildman–Crippen MR) is 94.2 cm³/mol. The molecular weight excluding hydrogens is 306 g/mol. The van der Waals surface area contributed by atoms with Crippen LogP contribution in [0.15, 0.2) is 36.4 Å². The summed E-state index contributed by atoms with van der Waals surface area (Å²) in [6.45, 7) is 4.44. The molecule has 5 heteroatoms. The van der Waals surface area contributed by atoms with Crippen molar-refractivity contribution < 1.29 is 19.0 Å². The van der Waals surface area contributed by atoms with Crippen LogP contribution in [0, 0.1) is 6.92 Å². The zero-order valence-corrected chi connectivity index (χ0v) is 14.5. The SMILES string of the molecule is CCOc1ccc(NC(=O)Cc2cc(C)ccc2OC)cc1OC. The molecule has 2 aromatic carbocycles. The number of benzene rings is 2. The summed E-state index contributed by atoms with van der Waals surface area (Å²) < 4.78 is 16.1. The van der Waals surface area contributed by atoms with Crippen molar-refractivity contribution in [2.24, 2.45) is 0 Å².